The van der Waals surface area contributed by atoms with E-state index < -0.39 is 42.4 Å². The van der Waals surface area contributed by atoms with Crippen molar-refractivity contribution in [3.05, 3.63) is 131 Å². The molecular weight excluding hydrogens is 909 g/mol. The molecule has 4 aliphatic carbocycles. The Bertz CT molecular complexity index is 2570. The number of carboxylic acids is 1. The maximum Gasteiger partial charge on any atom is 0.414 e. The van der Waals surface area contributed by atoms with Crippen molar-refractivity contribution in [2.45, 2.75) is 140 Å². The van der Waals surface area contributed by atoms with Gasteiger partial charge in [0.1, 0.15) is 13.2 Å². The van der Waals surface area contributed by atoms with Gasteiger partial charge in [-0.25, -0.2) is 28.8 Å². The fraction of sp³-hybridized carbons (Fsp3) is 0.455. The average Bonchev–Trinajstić information content (AvgIpc) is 4.31. The molecule has 0 spiro atoms. The zero-order valence-corrected chi connectivity index (χ0v) is 40.4. The number of ether oxygens (including phenoxy) is 5. The molecule has 4 aromatic rings. The normalized spacial score (nSPS) is 23.4. The minimum absolute atomic E-state index is 0.0133. The number of hydrogen-bond acceptors (Lipinski definition) is 11. The second-order valence-corrected chi connectivity index (χ2v) is 19.3. The summed E-state index contributed by atoms with van der Waals surface area (Å²) in [4.78, 5) is 83.8. The Morgan fingerprint density at radius 1 is 0.549 bits per heavy atom. The van der Waals surface area contributed by atoms with E-state index in [4.69, 9.17) is 23.7 Å². The summed E-state index contributed by atoms with van der Waals surface area (Å²) in [5, 5.41) is 9.26. The summed E-state index contributed by atoms with van der Waals surface area (Å²) >= 11 is 0. The first-order valence-electron chi connectivity index (χ1n) is 24.9. The first kappa shape index (κ1) is 48.9. The van der Waals surface area contributed by atoms with E-state index in [9.17, 15) is 33.9 Å². The van der Waals surface area contributed by atoms with Gasteiger partial charge in [-0.15, -0.1) is 0 Å². The molecule has 2 heterocycles. The SMILES string of the molecule is COC(=O)[C@H](C)OC(=O)N(C1CC1)C1c2ccccc2N(C(=O)OCc2ccccc2)C2CCCC21.C[C@H](OC(=O)N(C1CC1)C1c2ccccc2N(C(=O)OCc2ccccc2)C2CCCC21)C(=O)O. The summed E-state index contributed by atoms with van der Waals surface area (Å²) in [6, 6.07) is 34.0. The second kappa shape index (κ2) is 21.5. The van der Waals surface area contributed by atoms with Crippen LogP contribution in [0.3, 0.4) is 0 Å². The van der Waals surface area contributed by atoms with E-state index >= 15 is 0 Å². The van der Waals surface area contributed by atoms with Crippen LogP contribution in [0.5, 0.6) is 0 Å². The fourth-order valence-corrected chi connectivity index (χ4v) is 11.2. The van der Waals surface area contributed by atoms with Crippen LogP contribution in [0.25, 0.3) is 0 Å². The number of para-hydroxylation sites is 2. The van der Waals surface area contributed by atoms with Crippen molar-refractivity contribution in [1.29, 1.82) is 0 Å². The van der Waals surface area contributed by atoms with Crippen LogP contribution in [0, 0.1) is 11.8 Å². The van der Waals surface area contributed by atoms with Crippen molar-refractivity contribution in [1.82, 2.24) is 9.80 Å². The third kappa shape index (κ3) is 10.5. The van der Waals surface area contributed by atoms with E-state index in [-0.39, 0.29) is 67.4 Å². The minimum atomic E-state index is -1.23. The number of benzene rings is 4. The summed E-state index contributed by atoms with van der Waals surface area (Å²) in [7, 11) is 1.28. The van der Waals surface area contributed by atoms with Gasteiger partial charge >= 0.3 is 36.3 Å². The van der Waals surface area contributed by atoms with Crippen LogP contribution < -0.4 is 9.80 Å². The summed E-state index contributed by atoms with van der Waals surface area (Å²) < 4.78 is 27.1. The molecule has 4 amide bonds. The zero-order valence-electron chi connectivity index (χ0n) is 40.4. The largest absolute Gasteiger partial charge is 0.479 e. The summed E-state index contributed by atoms with van der Waals surface area (Å²) in [6.45, 7) is 3.27. The highest BCUT2D eigenvalue weighted by Crippen LogP contribution is 2.54. The molecule has 6 unspecified atom stereocenters. The van der Waals surface area contributed by atoms with E-state index in [1.807, 2.05) is 114 Å². The molecule has 71 heavy (non-hydrogen) atoms. The number of amides is 4. The lowest BCUT2D eigenvalue weighted by molar-refractivity contribution is -0.150. The number of anilines is 2. The Morgan fingerprint density at radius 3 is 1.34 bits per heavy atom. The molecule has 374 valence electrons. The first-order chi connectivity index (χ1) is 34.4. The Hall–Kier alpha value is -7.10. The molecule has 4 fully saturated rings. The standard InChI is InChI=1S/C28H32N2O6.C27H30N2O6/c1-18(26(31)34-2)36-28(33)29(20-15-16-20)25-21-11-6-7-13-23(21)30(24-14-8-12-22(24)25)27(32)35-17-19-9-4-3-5-10-19;1-17(25(30)31)35-27(33)28(19-14-15-19)24-20-10-5-6-12-22(20)29(23-13-7-11-21(23)24)26(32)34-16-18-8-3-2-4-9-18/h3-7,9-11,13,18,20,22,24-25H,8,12,14-17H2,1-2H3;2-6,8-10,12,17,19,21,23-24H,7,11,13-16H2,1H3,(H,30,31)/t18-,22?,24?,25?;17-,21?,23?,24?/m00/s1. The molecular formula is C55H62N4O12. The predicted molar refractivity (Wildman–Crippen MR) is 260 cm³/mol. The molecule has 0 saturated heterocycles. The van der Waals surface area contributed by atoms with E-state index in [1.165, 1.54) is 21.0 Å². The topological polar surface area (TPSA) is 182 Å². The molecule has 8 atom stereocenters. The van der Waals surface area contributed by atoms with Crippen LogP contribution in [-0.4, -0.2) is 94.7 Å². The van der Waals surface area contributed by atoms with Crippen LogP contribution >= 0.6 is 0 Å². The maximum atomic E-state index is 13.4. The summed E-state index contributed by atoms with van der Waals surface area (Å²) in [5.41, 5.74) is 5.14. The average molecular weight is 971 g/mol. The van der Waals surface area contributed by atoms with Gasteiger partial charge in [0, 0.05) is 36.0 Å². The van der Waals surface area contributed by atoms with Crippen molar-refractivity contribution < 1.29 is 57.6 Å². The smallest absolute Gasteiger partial charge is 0.414 e. The number of esters is 1. The number of carbonyl (C=O) groups excluding carboxylic acids is 5. The number of aliphatic carboxylic acids is 1. The molecule has 16 heteroatoms. The van der Waals surface area contributed by atoms with Gasteiger partial charge in [-0.3, -0.25) is 19.6 Å². The van der Waals surface area contributed by atoms with Gasteiger partial charge in [-0.2, -0.15) is 0 Å². The highest BCUT2D eigenvalue weighted by molar-refractivity contribution is 5.92. The Kier molecular flexibility index (Phi) is 14.8. The van der Waals surface area contributed by atoms with Crippen LogP contribution in [0.4, 0.5) is 30.6 Å². The number of nitrogens with zero attached hydrogens (tertiary/aromatic N) is 4. The molecule has 2 aliphatic heterocycles. The molecule has 16 nitrogen and oxygen atoms in total. The maximum absolute atomic E-state index is 13.4. The lowest BCUT2D eigenvalue weighted by atomic mass is 9.82. The van der Waals surface area contributed by atoms with Gasteiger partial charge in [0.15, 0.2) is 12.2 Å². The van der Waals surface area contributed by atoms with Crippen LogP contribution in [0.1, 0.15) is 112 Å². The van der Waals surface area contributed by atoms with E-state index in [0.717, 1.165) is 97.8 Å². The molecule has 0 radical (unpaired) electrons. The highest BCUT2D eigenvalue weighted by Gasteiger charge is 2.54. The van der Waals surface area contributed by atoms with Gasteiger partial charge in [0.2, 0.25) is 0 Å². The summed E-state index contributed by atoms with van der Waals surface area (Å²) in [6.07, 6.45) is 4.66. The fourth-order valence-electron chi connectivity index (χ4n) is 11.2. The monoisotopic (exact) mass is 970 g/mol. The van der Waals surface area contributed by atoms with Crippen LogP contribution in [0.15, 0.2) is 109 Å². The summed E-state index contributed by atoms with van der Waals surface area (Å²) in [5.74, 6) is -1.70. The molecule has 0 aromatic heterocycles. The van der Waals surface area contributed by atoms with Crippen molar-refractivity contribution in [2.75, 3.05) is 16.9 Å². The molecule has 10 rings (SSSR count). The Labute approximate surface area is 413 Å². The molecule has 4 saturated carbocycles. The first-order valence-corrected chi connectivity index (χ1v) is 24.9. The van der Waals surface area contributed by atoms with Gasteiger partial charge in [0.05, 0.1) is 30.6 Å². The number of fused-ring (bicyclic) bond motifs is 4. The highest BCUT2D eigenvalue weighted by atomic mass is 16.6. The number of carbonyl (C=O) groups is 6. The van der Waals surface area contributed by atoms with Crippen LogP contribution in [0.2, 0.25) is 0 Å². The third-order valence-corrected chi connectivity index (χ3v) is 14.7. The van der Waals surface area contributed by atoms with Crippen molar-refractivity contribution >= 4 is 47.7 Å². The van der Waals surface area contributed by atoms with Gasteiger partial charge < -0.3 is 28.8 Å². The van der Waals surface area contributed by atoms with Crippen molar-refractivity contribution in [3.63, 3.8) is 0 Å². The predicted octanol–water partition coefficient (Wildman–Crippen LogP) is 10.3. The lowest BCUT2D eigenvalue weighted by Gasteiger charge is -2.46. The van der Waals surface area contributed by atoms with Crippen molar-refractivity contribution in [2.24, 2.45) is 11.8 Å². The van der Waals surface area contributed by atoms with Crippen LogP contribution in [-0.2, 0) is 46.5 Å². The Morgan fingerprint density at radius 2 is 0.944 bits per heavy atom. The number of hydrogen-bond donors (Lipinski definition) is 1. The van der Waals surface area contributed by atoms with Gasteiger partial charge in [-0.05, 0) is 99.6 Å². The van der Waals surface area contributed by atoms with E-state index in [0.29, 0.717) is 0 Å². The number of methoxy groups -OCH3 is 1. The minimum Gasteiger partial charge on any atom is -0.479 e. The number of carboxylic acid groups (broad SMARTS) is 1. The van der Waals surface area contributed by atoms with Crippen molar-refractivity contribution in [3.8, 4) is 0 Å². The molecule has 0 bridgehead atoms. The van der Waals surface area contributed by atoms with E-state index in [1.54, 1.807) is 14.7 Å². The quantitative estimate of drug-likeness (QED) is 0.105. The Balaban J connectivity index is 0.000000176. The lowest BCUT2D eigenvalue weighted by Crippen LogP contribution is -2.53. The van der Waals surface area contributed by atoms with Gasteiger partial charge in [0.25, 0.3) is 0 Å². The third-order valence-electron chi connectivity index (χ3n) is 14.7. The van der Waals surface area contributed by atoms with Gasteiger partial charge in [-0.1, -0.05) is 110 Å². The molecule has 4 aromatic carbocycles. The molecule has 1 N–H and O–H groups in total. The zero-order chi connectivity index (χ0) is 49.8. The number of rotatable bonds is 12. The second-order valence-electron chi connectivity index (χ2n) is 19.3. The molecule has 6 aliphatic rings. The van der Waals surface area contributed by atoms with E-state index in [2.05, 4.69) is 0 Å².